The Morgan fingerprint density at radius 1 is 1.22 bits per heavy atom. The Kier molecular flexibility index (Phi) is 3.96. The van der Waals surface area contributed by atoms with Gasteiger partial charge in [-0.3, -0.25) is 5.01 Å². The lowest BCUT2D eigenvalue weighted by Gasteiger charge is -2.25. The minimum absolute atomic E-state index is 0.288. The number of anilines is 1. The quantitative estimate of drug-likeness (QED) is 0.880. The first-order valence-electron chi connectivity index (χ1n) is 7.57. The molecule has 2 aromatic rings. The molecule has 1 heterocycles. The van der Waals surface area contributed by atoms with Crippen molar-refractivity contribution in [3.8, 4) is 5.75 Å². The van der Waals surface area contributed by atoms with E-state index in [4.69, 9.17) is 9.47 Å². The number of carbonyl (C=O) groups is 1. The van der Waals surface area contributed by atoms with Gasteiger partial charge < -0.3 is 9.47 Å². The van der Waals surface area contributed by atoms with Gasteiger partial charge in [0.1, 0.15) is 5.75 Å². The molecule has 1 atom stereocenters. The molecule has 0 radical (unpaired) electrons. The van der Waals surface area contributed by atoms with Crippen LogP contribution in [0.3, 0.4) is 0 Å². The van der Waals surface area contributed by atoms with Crippen LogP contribution < -0.4 is 15.2 Å². The topological polar surface area (TPSA) is 50.8 Å². The van der Waals surface area contributed by atoms with E-state index in [-0.39, 0.29) is 5.97 Å². The molecule has 5 nitrogen and oxygen atoms in total. The number of rotatable bonds is 4. The van der Waals surface area contributed by atoms with Gasteiger partial charge in [-0.1, -0.05) is 12.1 Å². The second-order valence-electron chi connectivity index (χ2n) is 5.62. The molecule has 1 aliphatic heterocycles. The number of hydrogen-bond donors (Lipinski definition) is 1. The average molecular weight is 312 g/mol. The fourth-order valence-electron chi connectivity index (χ4n) is 2.58. The lowest BCUT2D eigenvalue weighted by atomic mass is 10.1. The molecule has 0 fully saturated rings. The van der Waals surface area contributed by atoms with E-state index in [0.29, 0.717) is 6.61 Å². The van der Waals surface area contributed by atoms with E-state index in [0.717, 1.165) is 22.2 Å². The fraction of sp³-hybridized carbons (Fsp3) is 0.278. The van der Waals surface area contributed by atoms with Gasteiger partial charge >= 0.3 is 5.97 Å². The molecule has 5 heteroatoms. The second-order valence-corrected chi connectivity index (χ2v) is 5.62. The molecule has 23 heavy (non-hydrogen) atoms. The molecule has 0 spiro atoms. The molecule has 0 amide bonds. The number of ether oxygens (including phenoxy) is 2. The Morgan fingerprint density at radius 3 is 2.70 bits per heavy atom. The Balaban J connectivity index is 1.85. The first kappa shape index (κ1) is 15.4. The molecule has 120 valence electrons. The molecule has 1 unspecified atom stereocenters. The molecular weight excluding hydrogens is 292 g/mol. The molecule has 3 rings (SSSR count). The summed E-state index contributed by atoms with van der Waals surface area (Å²) < 4.78 is 10.4. The van der Waals surface area contributed by atoms with Gasteiger partial charge in [0.15, 0.2) is 5.54 Å². The van der Waals surface area contributed by atoms with Gasteiger partial charge in [0, 0.05) is 6.20 Å². The molecular formula is C18H20N2O3. The largest absolute Gasteiger partial charge is 0.497 e. The maximum Gasteiger partial charge on any atom is 0.331 e. The van der Waals surface area contributed by atoms with Gasteiger partial charge in [0.05, 0.1) is 19.4 Å². The zero-order valence-corrected chi connectivity index (χ0v) is 13.5. The van der Waals surface area contributed by atoms with Crippen molar-refractivity contribution >= 4 is 22.4 Å². The van der Waals surface area contributed by atoms with Crippen molar-refractivity contribution in [1.82, 2.24) is 5.43 Å². The van der Waals surface area contributed by atoms with Crippen LogP contribution in [0.15, 0.2) is 48.7 Å². The third-order valence-electron chi connectivity index (χ3n) is 3.92. The third-order valence-corrected chi connectivity index (χ3v) is 3.92. The lowest BCUT2D eigenvalue weighted by molar-refractivity contribution is -0.148. The van der Waals surface area contributed by atoms with Crippen LogP contribution in [0.2, 0.25) is 0 Å². The highest BCUT2D eigenvalue weighted by molar-refractivity contribution is 5.88. The van der Waals surface area contributed by atoms with Crippen molar-refractivity contribution in [2.45, 2.75) is 19.4 Å². The van der Waals surface area contributed by atoms with Crippen LogP contribution in [0.25, 0.3) is 10.8 Å². The van der Waals surface area contributed by atoms with Crippen molar-refractivity contribution in [2.24, 2.45) is 0 Å². The summed E-state index contributed by atoms with van der Waals surface area (Å²) in [6.07, 6.45) is 3.66. The van der Waals surface area contributed by atoms with Crippen LogP contribution in [0.4, 0.5) is 5.69 Å². The number of hydrogen-bond acceptors (Lipinski definition) is 5. The fourth-order valence-corrected chi connectivity index (χ4v) is 2.58. The number of esters is 1. The van der Waals surface area contributed by atoms with Crippen molar-refractivity contribution in [2.75, 3.05) is 18.7 Å². The molecule has 1 N–H and O–H groups in total. The van der Waals surface area contributed by atoms with Gasteiger partial charge in [-0.25, -0.2) is 10.2 Å². The maximum absolute atomic E-state index is 12.1. The number of benzene rings is 2. The Hall–Kier alpha value is -2.53. The summed E-state index contributed by atoms with van der Waals surface area (Å²) in [4.78, 5) is 12.1. The van der Waals surface area contributed by atoms with Crippen LogP contribution in [-0.4, -0.2) is 25.2 Å². The number of fused-ring (bicyclic) bond motifs is 1. The number of carbonyl (C=O) groups excluding carboxylic acids is 1. The Bertz CT molecular complexity index is 772. The number of hydrazine groups is 1. The van der Waals surface area contributed by atoms with Crippen LogP contribution in [-0.2, 0) is 9.53 Å². The summed E-state index contributed by atoms with van der Waals surface area (Å²) in [5, 5.41) is 4.04. The molecule has 0 saturated carbocycles. The zero-order valence-electron chi connectivity index (χ0n) is 13.5. The maximum atomic E-state index is 12.1. The highest BCUT2D eigenvalue weighted by atomic mass is 16.5. The van der Waals surface area contributed by atoms with E-state index >= 15 is 0 Å². The smallest absolute Gasteiger partial charge is 0.331 e. The van der Waals surface area contributed by atoms with Gasteiger partial charge in [0.25, 0.3) is 0 Å². The Labute approximate surface area is 135 Å². The number of nitrogens with zero attached hydrogens (tertiary/aromatic N) is 1. The van der Waals surface area contributed by atoms with Gasteiger partial charge in [-0.15, -0.1) is 0 Å². The second kappa shape index (κ2) is 5.93. The molecule has 0 saturated heterocycles. The van der Waals surface area contributed by atoms with Gasteiger partial charge in [-0.2, -0.15) is 0 Å². The first-order chi connectivity index (χ1) is 11.1. The van der Waals surface area contributed by atoms with E-state index in [1.54, 1.807) is 21.0 Å². The van der Waals surface area contributed by atoms with Crippen LogP contribution in [0.1, 0.15) is 13.8 Å². The summed E-state index contributed by atoms with van der Waals surface area (Å²) in [5.41, 5.74) is 3.29. The molecule has 0 aromatic heterocycles. The highest BCUT2D eigenvalue weighted by Crippen LogP contribution is 2.28. The third kappa shape index (κ3) is 2.87. The SMILES string of the molecule is CCOC(=O)C1(C)C=CN(c2ccc3cc(OC)ccc3c2)N1. The van der Waals surface area contributed by atoms with Crippen LogP contribution >= 0.6 is 0 Å². The van der Waals surface area contributed by atoms with Gasteiger partial charge in [0.2, 0.25) is 0 Å². The van der Waals surface area contributed by atoms with Crippen molar-refractivity contribution < 1.29 is 14.3 Å². The molecule has 2 aromatic carbocycles. The van der Waals surface area contributed by atoms with E-state index in [2.05, 4.69) is 11.5 Å². The average Bonchev–Trinajstić information content (AvgIpc) is 2.98. The Morgan fingerprint density at radius 2 is 1.96 bits per heavy atom. The minimum atomic E-state index is -0.842. The van der Waals surface area contributed by atoms with E-state index in [1.165, 1.54) is 0 Å². The van der Waals surface area contributed by atoms with Gasteiger partial charge in [-0.05, 0) is 55.0 Å². The summed E-state index contributed by atoms with van der Waals surface area (Å²) >= 11 is 0. The van der Waals surface area contributed by atoms with Crippen LogP contribution in [0.5, 0.6) is 5.75 Å². The molecule has 0 aliphatic carbocycles. The van der Waals surface area contributed by atoms with E-state index < -0.39 is 5.54 Å². The van der Waals surface area contributed by atoms with Crippen molar-refractivity contribution in [3.63, 3.8) is 0 Å². The highest BCUT2D eigenvalue weighted by Gasteiger charge is 2.37. The standard InChI is InChI=1S/C18H20N2O3/c1-4-23-17(21)18(2)9-10-20(19-18)15-7-5-14-12-16(22-3)8-6-13(14)11-15/h5-12,19H,4H2,1-3H3. The summed E-state index contributed by atoms with van der Waals surface area (Å²) in [6, 6.07) is 12.0. The zero-order chi connectivity index (χ0) is 16.4. The lowest BCUT2D eigenvalue weighted by Crippen LogP contribution is -2.51. The number of methoxy groups -OCH3 is 1. The molecule has 1 aliphatic rings. The molecule has 0 bridgehead atoms. The minimum Gasteiger partial charge on any atom is -0.497 e. The summed E-state index contributed by atoms with van der Waals surface area (Å²) in [5.74, 6) is 0.545. The monoisotopic (exact) mass is 312 g/mol. The van der Waals surface area contributed by atoms with Crippen molar-refractivity contribution in [1.29, 1.82) is 0 Å². The summed E-state index contributed by atoms with van der Waals surface area (Å²) in [6.45, 7) is 3.96. The summed E-state index contributed by atoms with van der Waals surface area (Å²) in [7, 11) is 1.66. The predicted octanol–water partition coefficient (Wildman–Crippen LogP) is 3.01. The van der Waals surface area contributed by atoms with E-state index in [9.17, 15) is 4.79 Å². The van der Waals surface area contributed by atoms with E-state index in [1.807, 2.05) is 47.6 Å². The first-order valence-corrected chi connectivity index (χ1v) is 7.57. The number of nitrogens with one attached hydrogen (secondary N) is 1. The normalized spacial score (nSPS) is 20.0. The predicted molar refractivity (Wildman–Crippen MR) is 90.3 cm³/mol. The van der Waals surface area contributed by atoms with Crippen LogP contribution in [0, 0.1) is 0 Å². The van der Waals surface area contributed by atoms with Crippen molar-refractivity contribution in [3.05, 3.63) is 48.7 Å².